The lowest BCUT2D eigenvalue weighted by Gasteiger charge is -2.32. The molecule has 1 amide bonds. The van der Waals surface area contributed by atoms with Gasteiger partial charge in [0.25, 0.3) is 0 Å². The number of carbonyl (C=O) groups is 1. The van der Waals surface area contributed by atoms with E-state index in [-0.39, 0.29) is 11.9 Å². The Balaban J connectivity index is 1.64. The Morgan fingerprint density at radius 3 is 2.86 bits per heavy atom. The summed E-state index contributed by atoms with van der Waals surface area (Å²) < 4.78 is 6.50. The number of benzene rings is 1. The standard InChI is InChI=1S/C16H21N3O2S/c1-12(16(20)19-7-9-21-10-8-19)18(2)11-15-17-13-5-3-4-6-14(13)22-15/h3-6,12H,7-11H2,1-2H3/t12-/m1/s1. The molecule has 6 heteroatoms. The van der Waals surface area contributed by atoms with Crippen LogP contribution in [0.4, 0.5) is 0 Å². The van der Waals surface area contributed by atoms with Crippen LogP contribution in [0.15, 0.2) is 24.3 Å². The third kappa shape index (κ3) is 3.29. The minimum Gasteiger partial charge on any atom is -0.378 e. The lowest BCUT2D eigenvalue weighted by atomic mass is 10.2. The van der Waals surface area contributed by atoms with E-state index in [4.69, 9.17) is 4.74 Å². The van der Waals surface area contributed by atoms with Crippen molar-refractivity contribution in [2.75, 3.05) is 33.4 Å². The molecule has 0 unspecified atom stereocenters. The Kier molecular flexibility index (Phi) is 4.71. The summed E-state index contributed by atoms with van der Waals surface area (Å²) in [6.45, 7) is 5.32. The first kappa shape index (κ1) is 15.4. The molecule has 0 bridgehead atoms. The molecule has 1 fully saturated rings. The molecule has 1 atom stereocenters. The van der Waals surface area contributed by atoms with Gasteiger partial charge in [0.2, 0.25) is 5.91 Å². The van der Waals surface area contributed by atoms with E-state index < -0.39 is 0 Å². The van der Waals surface area contributed by atoms with Crippen LogP contribution in [0.25, 0.3) is 10.2 Å². The van der Waals surface area contributed by atoms with Gasteiger partial charge in [-0.3, -0.25) is 9.69 Å². The number of aromatic nitrogens is 1. The van der Waals surface area contributed by atoms with Gasteiger partial charge in [-0.1, -0.05) is 12.1 Å². The van der Waals surface area contributed by atoms with Crippen molar-refractivity contribution in [1.29, 1.82) is 0 Å². The molecule has 1 aromatic carbocycles. The number of nitrogens with zero attached hydrogens (tertiary/aromatic N) is 3. The molecule has 1 aromatic heterocycles. The highest BCUT2D eigenvalue weighted by molar-refractivity contribution is 7.18. The van der Waals surface area contributed by atoms with Crippen LogP contribution in [0, 0.1) is 0 Å². The fourth-order valence-electron chi connectivity index (χ4n) is 2.57. The molecule has 2 heterocycles. The van der Waals surface area contributed by atoms with Crippen LogP contribution in [-0.2, 0) is 16.1 Å². The second kappa shape index (κ2) is 6.73. The lowest BCUT2D eigenvalue weighted by Crippen LogP contribution is -2.49. The molecular formula is C16H21N3O2S. The topological polar surface area (TPSA) is 45.7 Å². The predicted octanol–water partition coefficient (Wildman–Crippen LogP) is 1.98. The number of rotatable bonds is 4. The minimum atomic E-state index is -0.148. The van der Waals surface area contributed by atoms with Crippen LogP contribution in [0.5, 0.6) is 0 Å². The lowest BCUT2D eigenvalue weighted by molar-refractivity contribution is -0.140. The zero-order chi connectivity index (χ0) is 15.5. The molecule has 3 rings (SSSR count). The van der Waals surface area contributed by atoms with Crippen LogP contribution in [-0.4, -0.2) is 60.1 Å². The van der Waals surface area contributed by atoms with E-state index in [2.05, 4.69) is 16.0 Å². The van der Waals surface area contributed by atoms with Gasteiger partial charge in [-0.25, -0.2) is 4.98 Å². The maximum Gasteiger partial charge on any atom is 0.239 e. The molecule has 1 aliphatic heterocycles. The average Bonchev–Trinajstić information content (AvgIpc) is 2.96. The summed E-state index contributed by atoms with van der Waals surface area (Å²) in [5.74, 6) is 0.173. The van der Waals surface area contributed by atoms with Gasteiger partial charge in [0.05, 0.1) is 36.0 Å². The van der Waals surface area contributed by atoms with Crippen molar-refractivity contribution in [3.05, 3.63) is 29.3 Å². The highest BCUT2D eigenvalue weighted by Gasteiger charge is 2.25. The molecule has 0 N–H and O–H groups in total. The third-order valence-corrected chi connectivity index (χ3v) is 5.09. The summed E-state index contributed by atoms with van der Waals surface area (Å²) in [5.41, 5.74) is 1.03. The molecule has 0 saturated carbocycles. The first-order valence-electron chi connectivity index (χ1n) is 7.56. The normalized spacial score (nSPS) is 17.1. The van der Waals surface area contributed by atoms with Gasteiger partial charge in [-0.2, -0.15) is 0 Å². The van der Waals surface area contributed by atoms with E-state index in [0.29, 0.717) is 32.8 Å². The summed E-state index contributed by atoms with van der Waals surface area (Å²) in [6.07, 6.45) is 0. The molecule has 0 spiro atoms. The fraction of sp³-hybridized carbons (Fsp3) is 0.500. The van der Waals surface area contributed by atoms with E-state index in [9.17, 15) is 4.79 Å². The molecule has 118 valence electrons. The molecule has 5 nitrogen and oxygen atoms in total. The van der Waals surface area contributed by atoms with Crippen molar-refractivity contribution < 1.29 is 9.53 Å². The van der Waals surface area contributed by atoms with Gasteiger partial charge in [-0.05, 0) is 26.1 Å². The van der Waals surface area contributed by atoms with E-state index in [1.807, 2.05) is 37.1 Å². The number of hydrogen-bond acceptors (Lipinski definition) is 5. The third-order valence-electron chi connectivity index (χ3n) is 4.06. The summed E-state index contributed by atoms with van der Waals surface area (Å²) in [5, 5.41) is 1.05. The van der Waals surface area contributed by atoms with Crippen LogP contribution in [0.2, 0.25) is 0 Å². The first-order valence-corrected chi connectivity index (χ1v) is 8.38. The maximum absolute atomic E-state index is 12.5. The van der Waals surface area contributed by atoms with E-state index in [1.54, 1.807) is 11.3 Å². The predicted molar refractivity (Wildman–Crippen MR) is 87.9 cm³/mol. The van der Waals surface area contributed by atoms with Crippen molar-refractivity contribution in [3.8, 4) is 0 Å². The quantitative estimate of drug-likeness (QED) is 0.864. The minimum absolute atomic E-state index is 0.148. The number of para-hydroxylation sites is 1. The Morgan fingerprint density at radius 1 is 1.41 bits per heavy atom. The SMILES string of the molecule is C[C@H](C(=O)N1CCOCC1)N(C)Cc1nc2ccccc2s1. The number of ether oxygens (including phenoxy) is 1. The smallest absolute Gasteiger partial charge is 0.239 e. The Morgan fingerprint density at radius 2 is 2.14 bits per heavy atom. The van der Waals surface area contributed by atoms with Gasteiger partial charge >= 0.3 is 0 Å². The molecule has 0 aliphatic carbocycles. The van der Waals surface area contributed by atoms with Crippen LogP contribution < -0.4 is 0 Å². The Labute approximate surface area is 134 Å². The van der Waals surface area contributed by atoms with Gasteiger partial charge in [-0.15, -0.1) is 11.3 Å². The largest absolute Gasteiger partial charge is 0.378 e. The van der Waals surface area contributed by atoms with Gasteiger partial charge in [0, 0.05) is 13.1 Å². The Hall–Kier alpha value is -1.50. The summed E-state index contributed by atoms with van der Waals surface area (Å²) in [6, 6.07) is 7.99. The highest BCUT2D eigenvalue weighted by atomic mass is 32.1. The number of amides is 1. The summed E-state index contributed by atoms with van der Waals surface area (Å²) in [7, 11) is 1.98. The van der Waals surface area contributed by atoms with E-state index in [1.165, 1.54) is 4.70 Å². The second-order valence-electron chi connectivity index (χ2n) is 5.60. The van der Waals surface area contributed by atoms with Crippen LogP contribution in [0.1, 0.15) is 11.9 Å². The van der Waals surface area contributed by atoms with Crippen molar-refractivity contribution in [3.63, 3.8) is 0 Å². The zero-order valence-electron chi connectivity index (χ0n) is 13.0. The fourth-order valence-corrected chi connectivity index (χ4v) is 3.61. The summed E-state index contributed by atoms with van der Waals surface area (Å²) in [4.78, 5) is 21.1. The monoisotopic (exact) mass is 319 g/mol. The molecule has 0 radical (unpaired) electrons. The van der Waals surface area contributed by atoms with Crippen LogP contribution >= 0.6 is 11.3 Å². The number of thiazole rings is 1. The van der Waals surface area contributed by atoms with Crippen molar-refractivity contribution >= 4 is 27.5 Å². The van der Waals surface area contributed by atoms with Gasteiger partial charge < -0.3 is 9.64 Å². The van der Waals surface area contributed by atoms with Gasteiger partial charge in [0.15, 0.2) is 0 Å². The maximum atomic E-state index is 12.5. The molecule has 1 saturated heterocycles. The van der Waals surface area contributed by atoms with E-state index >= 15 is 0 Å². The molecule has 22 heavy (non-hydrogen) atoms. The number of hydrogen-bond donors (Lipinski definition) is 0. The molecular weight excluding hydrogens is 298 g/mol. The molecule has 2 aromatic rings. The zero-order valence-corrected chi connectivity index (χ0v) is 13.8. The number of morpholine rings is 1. The van der Waals surface area contributed by atoms with Crippen molar-refractivity contribution in [2.24, 2.45) is 0 Å². The van der Waals surface area contributed by atoms with Crippen molar-refractivity contribution in [1.82, 2.24) is 14.8 Å². The van der Waals surface area contributed by atoms with Crippen molar-refractivity contribution in [2.45, 2.75) is 19.5 Å². The highest BCUT2D eigenvalue weighted by Crippen LogP contribution is 2.23. The molecule has 1 aliphatic rings. The Bertz CT molecular complexity index is 619. The van der Waals surface area contributed by atoms with Gasteiger partial charge in [0.1, 0.15) is 5.01 Å². The average molecular weight is 319 g/mol. The van der Waals surface area contributed by atoms with E-state index in [0.717, 1.165) is 10.5 Å². The van der Waals surface area contributed by atoms with Crippen LogP contribution in [0.3, 0.4) is 0 Å². The number of likely N-dealkylation sites (N-methyl/N-ethyl adjacent to an activating group) is 1. The number of carbonyl (C=O) groups excluding carboxylic acids is 1. The second-order valence-corrected chi connectivity index (χ2v) is 6.72. The number of fused-ring (bicyclic) bond motifs is 1. The first-order chi connectivity index (χ1) is 10.6. The summed E-state index contributed by atoms with van der Waals surface area (Å²) >= 11 is 1.69.